The minimum Gasteiger partial charge on any atom is -0.494 e. The van der Waals surface area contributed by atoms with Crippen molar-refractivity contribution in [2.45, 2.75) is 32.5 Å². The van der Waals surface area contributed by atoms with E-state index < -0.39 is 0 Å². The SMILES string of the molecule is CCOc1ccc(OCCNC(=O)CSc2nnc(-c3ccccc3F)n2CC(C)C)cc1. The monoisotopic (exact) mass is 472 g/mol. The zero-order valence-corrected chi connectivity index (χ0v) is 19.9. The van der Waals surface area contributed by atoms with Gasteiger partial charge in [-0.1, -0.05) is 37.7 Å². The molecule has 3 rings (SSSR count). The van der Waals surface area contributed by atoms with E-state index in [1.165, 1.54) is 17.8 Å². The van der Waals surface area contributed by atoms with Crippen LogP contribution >= 0.6 is 11.8 Å². The number of nitrogens with one attached hydrogen (secondary N) is 1. The number of thioether (sulfide) groups is 1. The van der Waals surface area contributed by atoms with Gasteiger partial charge in [0.25, 0.3) is 0 Å². The summed E-state index contributed by atoms with van der Waals surface area (Å²) in [6.45, 7) is 8.03. The normalized spacial score (nSPS) is 10.9. The van der Waals surface area contributed by atoms with Crippen LogP contribution in [0.15, 0.2) is 53.7 Å². The largest absolute Gasteiger partial charge is 0.494 e. The van der Waals surface area contributed by atoms with Crippen LogP contribution in [0.1, 0.15) is 20.8 Å². The molecule has 0 radical (unpaired) electrons. The molecule has 9 heteroatoms. The predicted molar refractivity (Wildman–Crippen MR) is 127 cm³/mol. The zero-order chi connectivity index (χ0) is 23.6. The van der Waals surface area contributed by atoms with Crippen molar-refractivity contribution >= 4 is 17.7 Å². The number of amides is 1. The molecule has 1 N–H and O–H groups in total. The van der Waals surface area contributed by atoms with Gasteiger partial charge in [0.15, 0.2) is 11.0 Å². The third-order valence-electron chi connectivity index (χ3n) is 4.54. The number of halogens is 1. The quantitative estimate of drug-likeness (QED) is 0.310. The first-order chi connectivity index (χ1) is 16.0. The number of aromatic nitrogens is 3. The van der Waals surface area contributed by atoms with E-state index in [0.717, 1.165) is 5.75 Å². The summed E-state index contributed by atoms with van der Waals surface area (Å²) < 4.78 is 27.2. The van der Waals surface area contributed by atoms with E-state index in [9.17, 15) is 9.18 Å². The molecule has 1 heterocycles. The van der Waals surface area contributed by atoms with Crippen LogP contribution in [0.2, 0.25) is 0 Å². The van der Waals surface area contributed by atoms with Gasteiger partial charge in [-0.2, -0.15) is 0 Å². The molecule has 0 aliphatic carbocycles. The van der Waals surface area contributed by atoms with Crippen molar-refractivity contribution in [1.29, 1.82) is 0 Å². The Morgan fingerprint density at radius 1 is 1.09 bits per heavy atom. The van der Waals surface area contributed by atoms with Gasteiger partial charge in [0.05, 0.1) is 24.5 Å². The van der Waals surface area contributed by atoms with Crippen molar-refractivity contribution in [1.82, 2.24) is 20.1 Å². The van der Waals surface area contributed by atoms with Gasteiger partial charge < -0.3 is 19.4 Å². The molecule has 0 fully saturated rings. The first-order valence-corrected chi connectivity index (χ1v) is 11.9. The number of carbonyl (C=O) groups excluding carboxylic acids is 1. The standard InChI is InChI=1S/C24H29FN4O3S/c1-4-31-18-9-11-19(12-10-18)32-14-13-26-22(30)16-33-24-28-27-23(29(24)15-17(2)3)20-7-5-6-8-21(20)25/h5-12,17H,4,13-16H2,1-3H3,(H,26,30). The van der Waals surface area contributed by atoms with Gasteiger partial charge >= 0.3 is 0 Å². The number of rotatable bonds is 12. The number of hydrogen-bond donors (Lipinski definition) is 1. The van der Waals surface area contributed by atoms with Crippen molar-refractivity contribution in [3.8, 4) is 22.9 Å². The molecule has 0 saturated carbocycles. The van der Waals surface area contributed by atoms with Crippen LogP contribution in [0.25, 0.3) is 11.4 Å². The first-order valence-electron chi connectivity index (χ1n) is 10.9. The summed E-state index contributed by atoms with van der Waals surface area (Å²) in [4.78, 5) is 12.3. The first kappa shape index (κ1) is 24.6. The molecule has 0 aliphatic rings. The molecule has 176 valence electrons. The lowest BCUT2D eigenvalue weighted by Crippen LogP contribution is -2.29. The maximum Gasteiger partial charge on any atom is 0.230 e. The van der Waals surface area contributed by atoms with Gasteiger partial charge in [0.2, 0.25) is 5.91 Å². The van der Waals surface area contributed by atoms with Crippen molar-refractivity contribution in [3.63, 3.8) is 0 Å². The van der Waals surface area contributed by atoms with E-state index >= 15 is 0 Å². The second kappa shape index (κ2) is 12.2. The minimum absolute atomic E-state index is 0.137. The highest BCUT2D eigenvalue weighted by atomic mass is 32.2. The molecule has 1 amide bonds. The van der Waals surface area contributed by atoms with Gasteiger partial charge in [0.1, 0.15) is 23.9 Å². The highest BCUT2D eigenvalue weighted by molar-refractivity contribution is 7.99. The Kier molecular flexibility index (Phi) is 9.12. The minimum atomic E-state index is -0.350. The highest BCUT2D eigenvalue weighted by Crippen LogP contribution is 2.26. The van der Waals surface area contributed by atoms with Gasteiger partial charge in [0, 0.05) is 6.54 Å². The second-order valence-corrected chi connectivity index (χ2v) is 8.62. The van der Waals surface area contributed by atoms with E-state index in [-0.39, 0.29) is 17.5 Å². The molecule has 0 atom stereocenters. The van der Waals surface area contributed by atoms with Crippen molar-refractivity contribution in [2.24, 2.45) is 5.92 Å². The topological polar surface area (TPSA) is 78.3 Å². The van der Waals surface area contributed by atoms with E-state index in [1.807, 2.05) is 35.8 Å². The predicted octanol–water partition coefficient (Wildman–Crippen LogP) is 4.43. The molecular formula is C24H29FN4O3S. The van der Waals surface area contributed by atoms with Crippen LogP contribution < -0.4 is 14.8 Å². The summed E-state index contributed by atoms with van der Waals surface area (Å²) in [5.41, 5.74) is 0.397. The molecule has 0 bridgehead atoms. The Hall–Kier alpha value is -3.07. The maximum atomic E-state index is 14.3. The lowest BCUT2D eigenvalue weighted by atomic mass is 10.2. The van der Waals surface area contributed by atoms with Crippen LogP contribution in [-0.4, -0.2) is 46.2 Å². The van der Waals surface area contributed by atoms with Gasteiger partial charge in [-0.05, 0) is 49.2 Å². The highest BCUT2D eigenvalue weighted by Gasteiger charge is 2.18. The summed E-state index contributed by atoms with van der Waals surface area (Å²) in [7, 11) is 0. The fourth-order valence-electron chi connectivity index (χ4n) is 3.11. The molecule has 33 heavy (non-hydrogen) atoms. The van der Waals surface area contributed by atoms with Crippen molar-refractivity contribution in [3.05, 3.63) is 54.3 Å². The molecule has 3 aromatic rings. The fourth-order valence-corrected chi connectivity index (χ4v) is 3.88. The third kappa shape index (κ3) is 7.21. The number of ether oxygens (including phenoxy) is 2. The summed E-state index contributed by atoms with van der Waals surface area (Å²) in [5, 5.41) is 11.8. The van der Waals surface area contributed by atoms with Crippen LogP contribution in [0.3, 0.4) is 0 Å². The molecule has 0 spiro atoms. The van der Waals surface area contributed by atoms with Gasteiger partial charge in [-0.15, -0.1) is 10.2 Å². The Morgan fingerprint density at radius 2 is 1.79 bits per heavy atom. The average Bonchev–Trinajstić information content (AvgIpc) is 3.18. The van der Waals surface area contributed by atoms with Gasteiger partial charge in [-0.3, -0.25) is 4.79 Å². The Bertz CT molecular complexity index is 1040. The van der Waals surface area contributed by atoms with Crippen molar-refractivity contribution < 1.29 is 18.7 Å². The van der Waals surface area contributed by atoms with Gasteiger partial charge in [-0.25, -0.2) is 4.39 Å². The van der Waals surface area contributed by atoms with E-state index in [0.29, 0.717) is 54.5 Å². The van der Waals surface area contributed by atoms with Crippen LogP contribution in [0.5, 0.6) is 11.5 Å². The lowest BCUT2D eigenvalue weighted by molar-refractivity contribution is -0.118. The van der Waals surface area contributed by atoms with Crippen LogP contribution in [0, 0.1) is 11.7 Å². The molecule has 0 aliphatic heterocycles. The smallest absolute Gasteiger partial charge is 0.230 e. The molecule has 1 aromatic heterocycles. The third-order valence-corrected chi connectivity index (χ3v) is 5.51. The number of carbonyl (C=O) groups is 1. The average molecular weight is 473 g/mol. The summed E-state index contributed by atoms with van der Waals surface area (Å²) in [6, 6.07) is 13.8. The Labute approximate surface area is 197 Å². The van der Waals surface area contributed by atoms with E-state index in [2.05, 4.69) is 29.4 Å². The summed E-state index contributed by atoms with van der Waals surface area (Å²) in [6.07, 6.45) is 0. The molecular weight excluding hydrogens is 443 g/mol. The number of hydrogen-bond acceptors (Lipinski definition) is 6. The summed E-state index contributed by atoms with van der Waals surface area (Å²) in [5.74, 6) is 1.96. The Morgan fingerprint density at radius 3 is 2.45 bits per heavy atom. The fraction of sp³-hybridized carbons (Fsp3) is 0.375. The maximum absolute atomic E-state index is 14.3. The number of benzene rings is 2. The molecule has 2 aromatic carbocycles. The van der Waals surface area contributed by atoms with E-state index in [4.69, 9.17) is 9.47 Å². The van der Waals surface area contributed by atoms with Crippen LogP contribution in [0.4, 0.5) is 4.39 Å². The van der Waals surface area contributed by atoms with Crippen molar-refractivity contribution in [2.75, 3.05) is 25.5 Å². The molecule has 7 nitrogen and oxygen atoms in total. The second-order valence-electron chi connectivity index (χ2n) is 7.68. The summed E-state index contributed by atoms with van der Waals surface area (Å²) >= 11 is 1.28. The molecule has 0 unspecified atom stereocenters. The van der Waals surface area contributed by atoms with E-state index in [1.54, 1.807) is 18.2 Å². The Balaban J connectivity index is 1.50. The lowest BCUT2D eigenvalue weighted by Gasteiger charge is -2.13. The molecule has 0 saturated heterocycles. The number of nitrogens with zero attached hydrogens (tertiary/aromatic N) is 3. The zero-order valence-electron chi connectivity index (χ0n) is 19.1. The van der Waals surface area contributed by atoms with Crippen LogP contribution in [-0.2, 0) is 11.3 Å².